The van der Waals surface area contributed by atoms with Crippen LogP contribution in [0.2, 0.25) is 0 Å². The number of benzene rings is 3. The fraction of sp³-hybridized carbons (Fsp3) is 0.179. The van der Waals surface area contributed by atoms with Crippen molar-refractivity contribution in [2.45, 2.75) is 16.0 Å². The first kappa shape index (κ1) is 42.1. The molecule has 1 fully saturated rings. The Morgan fingerprint density at radius 3 is 2.36 bits per heavy atom. The highest BCUT2D eigenvalue weighted by Gasteiger charge is 2.33. The van der Waals surface area contributed by atoms with E-state index in [0.29, 0.717) is 23.4 Å². The van der Waals surface area contributed by atoms with Gasteiger partial charge >= 0.3 is 6.18 Å². The zero-order chi connectivity index (χ0) is 43.3. The number of hydrogen-bond acceptors (Lipinski definition) is 14. The number of piperazine rings is 1. The molecule has 4 heterocycles. The molecule has 61 heavy (non-hydrogen) atoms. The van der Waals surface area contributed by atoms with Gasteiger partial charge in [0.05, 0.1) is 33.5 Å². The van der Waals surface area contributed by atoms with Crippen LogP contribution in [0.1, 0.15) is 26.4 Å². The topological polar surface area (TPSA) is 219 Å². The zero-order valence-corrected chi connectivity index (χ0v) is 33.2. The van der Waals surface area contributed by atoms with E-state index >= 15 is 0 Å². The molecule has 314 valence electrons. The third-order valence-electron chi connectivity index (χ3n) is 9.30. The van der Waals surface area contributed by atoms with E-state index in [1.54, 1.807) is 4.90 Å². The molecule has 22 heteroatoms. The smallest absolute Gasteiger partial charge is 0.416 e. The van der Waals surface area contributed by atoms with E-state index in [1.165, 1.54) is 76.5 Å². The summed E-state index contributed by atoms with van der Waals surface area (Å²) in [5.41, 5.74) is -1.09. The molecule has 0 bridgehead atoms. The third kappa shape index (κ3) is 10.0. The molecular formula is C39H33F3N10O7S2. The Balaban J connectivity index is 0.965. The van der Waals surface area contributed by atoms with E-state index in [9.17, 15) is 46.4 Å². The standard InChI is InChI=1S/C39H33F3N10O7S2/c40-39(41,42)28-16-25(17-29(19-28)51-24-27(22-45-51)26-18-30(53)23-43-21-26)38(55)50-13-11-49(12-14-50)36-9-8-34(46-47-36)37(54)48-61(58,59)32-6-7-33(35(20-32)52(56)57)44-10-15-60-31-4-2-1-3-5-31/h1-9,16-24,44,53H,10-15H2,(H,48,54). The number of rotatable bonds is 13. The summed E-state index contributed by atoms with van der Waals surface area (Å²) >= 11 is 1.54. The van der Waals surface area contributed by atoms with Crippen LogP contribution in [0.3, 0.4) is 0 Å². The van der Waals surface area contributed by atoms with E-state index < -0.39 is 49.1 Å². The van der Waals surface area contributed by atoms with Crippen molar-refractivity contribution in [1.82, 2.24) is 34.6 Å². The lowest BCUT2D eigenvalue weighted by Crippen LogP contribution is -2.49. The van der Waals surface area contributed by atoms with Crippen molar-refractivity contribution in [1.29, 1.82) is 0 Å². The molecule has 6 aromatic rings. The lowest BCUT2D eigenvalue weighted by molar-refractivity contribution is -0.384. The van der Waals surface area contributed by atoms with Crippen LogP contribution >= 0.6 is 11.8 Å². The average Bonchev–Trinajstić information content (AvgIpc) is 3.76. The molecule has 0 saturated carbocycles. The number of aromatic hydroxyl groups is 1. The molecule has 1 aliphatic rings. The molecule has 0 atom stereocenters. The Bertz CT molecular complexity index is 2700. The van der Waals surface area contributed by atoms with Crippen molar-refractivity contribution in [3.63, 3.8) is 0 Å². The van der Waals surface area contributed by atoms with Crippen molar-refractivity contribution in [3.05, 3.63) is 137 Å². The summed E-state index contributed by atoms with van der Waals surface area (Å²) in [5.74, 6) is -1.03. The summed E-state index contributed by atoms with van der Waals surface area (Å²) in [7, 11) is -4.58. The highest BCUT2D eigenvalue weighted by Crippen LogP contribution is 2.33. The van der Waals surface area contributed by atoms with Gasteiger partial charge in [0.15, 0.2) is 11.5 Å². The van der Waals surface area contributed by atoms with Gasteiger partial charge in [-0.25, -0.2) is 17.8 Å². The van der Waals surface area contributed by atoms with Crippen molar-refractivity contribution in [2.75, 3.05) is 48.7 Å². The molecule has 7 rings (SSSR count). The number of pyridine rings is 1. The first-order valence-corrected chi connectivity index (χ1v) is 20.7. The molecule has 0 spiro atoms. The maximum Gasteiger partial charge on any atom is 0.416 e. The number of alkyl halides is 3. The van der Waals surface area contributed by atoms with E-state index in [2.05, 4.69) is 25.6 Å². The number of nitro groups is 1. The summed E-state index contributed by atoms with van der Waals surface area (Å²) in [6.45, 7) is 0.931. The lowest BCUT2D eigenvalue weighted by atomic mass is 10.1. The van der Waals surface area contributed by atoms with Gasteiger partial charge < -0.3 is 20.2 Å². The largest absolute Gasteiger partial charge is 0.506 e. The summed E-state index contributed by atoms with van der Waals surface area (Å²) in [4.78, 5) is 45.1. The number of nitro benzene ring substituents is 1. The predicted octanol–water partition coefficient (Wildman–Crippen LogP) is 5.64. The first-order chi connectivity index (χ1) is 29.1. The van der Waals surface area contributed by atoms with Crippen molar-refractivity contribution in [2.24, 2.45) is 0 Å². The Kier molecular flexibility index (Phi) is 12.2. The minimum atomic E-state index is -4.77. The highest BCUT2D eigenvalue weighted by molar-refractivity contribution is 7.99. The molecule has 1 aliphatic heterocycles. The van der Waals surface area contributed by atoms with Gasteiger partial charge in [-0.05, 0) is 60.7 Å². The second kappa shape index (κ2) is 17.6. The molecule has 2 amide bonds. The van der Waals surface area contributed by atoms with Crippen LogP contribution < -0.4 is 14.9 Å². The number of halogens is 3. The van der Waals surface area contributed by atoms with Gasteiger partial charge in [0.2, 0.25) is 0 Å². The fourth-order valence-corrected chi connectivity index (χ4v) is 8.02. The van der Waals surface area contributed by atoms with Gasteiger partial charge in [-0.1, -0.05) is 18.2 Å². The van der Waals surface area contributed by atoms with Gasteiger partial charge in [-0.15, -0.1) is 22.0 Å². The molecule has 1 saturated heterocycles. The molecule has 3 aromatic carbocycles. The number of carbonyl (C=O) groups is 2. The Hall–Kier alpha value is -7.07. The summed E-state index contributed by atoms with van der Waals surface area (Å²) in [6.07, 6.45) is 0.762. The van der Waals surface area contributed by atoms with Crippen LogP contribution in [0.25, 0.3) is 16.8 Å². The number of hydrogen-bond donors (Lipinski definition) is 3. The van der Waals surface area contributed by atoms with Gasteiger partial charge in [0.1, 0.15) is 11.4 Å². The number of sulfonamides is 1. The van der Waals surface area contributed by atoms with E-state index in [1.807, 2.05) is 35.1 Å². The predicted molar refractivity (Wildman–Crippen MR) is 217 cm³/mol. The van der Waals surface area contributed by atoms with Crippen LogP contribution in [-0.4, -0.2) is 98.6 Å². The number of nitrogens with one attached hydrogen (secondary N) is 2. The van der Waals surface area contributed by atoms with Gasteiger partial charge in [0, 0.05) is 78.5 Å². The number of anilines is 2. The van der Waals surface area contributed by atoms with Crippen LogP contribution in [0.15, 0.2) is 120 Å². The second-order valence-corrected chi connectivity index (χ2v) is 16.2. The minimum Gasteiger partial charge on any atom is -0.506 e. The van der Waals surface area contributed by atoms with E-state index in [4.69, 9.17) is 0 Å². The van der Waals surface area contributed by atoms with Crippen LogP contribution in [0.4, 0.5) is 30.4 Å². The Morgan fingerprint density at radius 2 is 1.67 bits per heavy atom. The summed E-state index contributed by atoms with van der Waals surface area (Å²) in [6, 6.07) is 19.8. The molecule has 0 unspecified atom stereocenters. The van der Waals surface area contributed by atoms with Crippen molar-refractivity contribution in [3.8, 4) is 22.6 Å². The molecular weight excluding hydrogens is 842 g/mol. The van der Waals surface area contributed by atoms with Crippen LogP contribution in [0, 0.1) is 10.1 Å². The highest BCUT2D eigenvalue weighted by atomic mass is 32.2. The monoisotopic (exact) mass is 874 g/mol. The third-order valence-corrected chi connectivity index (χ3v) is 11.6. The van der Waals surface area contributed by atoms with Gasteiger partial charge in [0.25, 0.3) is 27.5 Å². The normalized spacial score (nSPS) is 13.2. The number of aromatic nitrogens is 5. The number of nitrogens with zero attached hydrogens (tertiary/aromatic N) is 8. The first-order valence-electron chi connectivity index (χ1n) is 18.2. The van der Waals surface area contributed by atoms with Crippen LogP contribution in [-0.2, 0) is 16.2 Å². The summed E-state index contributed by atoms with van der Waals surface area (Å²) in [5, 5.41) is 36.6. The van der Waals surface area contributed by atoms with Crippen molar-refractivity contribution < 1.29 is 41.2 Å². The number of carbonyl (C=O) groups excluding carboxylic acids is 2. The minimum absolute atomic E-state index is 0.0140. The SMILES string of the molecule is O=C(NS(=O)(=O)c1ccc(NCCSc2ccccc2)c([N+](=O)[O-])c1)c1ccc(N2CCN(C(=O)c3cc(-n4cc(-c5cncc(O)c5)cn4)cc(C(F)(F)F)c3)CC2)nn1. The average molecular weight is 875 g/mol. The van der Waals surface area contributed by atoms with E-state index in [-0.39, 0.29) is 60.4 Å². The Labute approximate surface area is 349 Å². The lowest BCUT2D eigenvalue weighted by Gasteiger charge is -2.35. The zero-order valence-electron chi connectivity index (χ0n) is 31.6. The maximum atomic E-state index is 14.0. The fourth-order valence-electron chi connectivity index (χ4n) is 6.25. The molecule has 0 radical (unpaired) electrons. The molecule has 17 nitrogen and oxygen atoms in total. The van der Waals surface area contributed by atoms with Gasteiger partial charge in [-0.3, -0.25) is 24.7 Å². The maximum absolute atomic E-state index is 14.0. The number of amides is 2. The molecule has 0 aliphatic carbocycles. The summed E-state index contributed by atoms with van der Waals surface area (Å²) < 4.78 is 71.3. The van der Waals surface area contributed by atoms with E-state index in [0.717, 1.165) is 29.2 Å². The van der Waals surface area contributed by atoms with Gasteiger partial charge in [-0.2, -0.15) is 18.3 Å². The number of thioether (sulfide) groups is 1. The van der Waals surface area contributed by atoms with Crippen molar-refractivity contribution >= 4 is 50.8 Å². The second-order valence-electron chi connectivity index (χ2n) is 13.4. The molecule has 3 aromatic heterocycles. The quantitative estimate of drug-likeness (QED) is 0.0554. The molecule has 3 N–H and O–H groups in total. The van der Waals surface area contributed by atoms with Crippen LogP contribution in [0.5, 0.6) is 5.75 Å². The Morgan fingerprint density at radius 1 is 0.902 bits per heavy atom.